The molecule has 0 N–H and O–H groups in total. The summed E-state index contributed by atoms with van der Waals surface area (Å²) in [5.74, 6) is -0.766. The predicted molar refractivity (Wildman–Crippen MR) is 133 cm³/mol. The average Bonchev–Trinajstić information content (AvgIpc) is 3.26. The largest absolute Gasteiger partial charge is 0.450 e. The molecule has 2 aliphatic rings. The molecule has 35 heavy (non-hydrogen) atoms. The first-order valence-electron chi connectivity index (χ1n) is 11.8. The van der Waals surface area contributed by atoms with E-state index in [2.05, 4.69) is 0 Å². The number of aryl methyl sites for hydroxylation is 1. The van der Waals surface area contributed by atoms with Crippen LogP contribution in [0.4, 0.5) is 5.69 Å². The molecule has 0 saturated carbocycles. The average molecular weight is 465 g/mol. The third-order valence-electron chi connectivity index (χ3n) is 7.02. The molecule has 4 aromatic rings. The predicted octanol–water partition coefficient (Wildman–Crippen LogP) is 4.76. The topological polar surface area (TPSA) is 70.8 Å². The van der Waals surface area contributed by atoms with Gasteiger partial charge in [-0.1, -0.05) is 67.1 Å². The molecule has 0 saturated heterocycles. The van der Waals surface area contributed by atoms with Gasteiger partial charge in [0.2, 0.25) is 5.76 Å². The van der Waals surface area contributed by atoms with Crippen molar-refractivity contribution in [2.75, 3.05) is 11.4 Å². The second-order valence-electron chi connectivity index (χ2n) is 9.20. The van der Waals surface area contributed by atoms with E-state index in [1.807, 2.05) is 74.5 Å². The third kappa shape index (κ3) is 2.80. The Bertz CT molecular complexity index is 1570. The van der Waals surface area contributed by atoms with Crippen LogP contribution in [0.2, 0.25) is 0 Å². The van der Waals surface area contributed by atoms with Crippen molar-refractivity contribution < 1.29 is 14.0 Å². The Balaban J connectivity index is 1.67. The van der Waals surface area contributed by atoms with Crippen molar-refractivity contribution in [1.82, 2.24) is 4.90 Å². The van der Waals surface area contributed by atoms with E-state index in [9.17, 15) is 14.4 Å². The Hall–Kier alpha value is -4.19. The zero-order chi connectivity index (χ0) is 24.3. The maximum absolute atomic E-state index is 14.5. The van der Waals surface area contributed by atoms with E-state index in [1.54, 1.807) is 21.9 Å². The highest BCUT2D eigenvalue weighted by molar-refractivity contribution is 6.17. The minimum absolute atomic E-state index is 0.0375. The van der Waals surface area contributed by atoms with Crippen LogP contribution in [-0.2, 0) is 16.9 Å². The van der Waals surface area contributed by atoms with Gasteiger partial charge in [-0.3, -0.25) is 14.4 Å². The van der Waals surface area contributed by atoms with Crippen LogP contribution in [0.3, 0.4) is 0 Å². The molecule has 2 aliphatic heterocycles. The van der Waals surface area contributed by atoms with Gasteiger partial charge in [0.15, 0.2) is 11.0 Å². The van der Waals surface area contributed by atoms with E-state index in [4.69, 9.17) is 4.42 Å². The number of hydrogen-bond donors (Lipinski definition) is 0. The Morgan fingerprint density at radius 1 is 0.914 bits per heavy atom. The SMILES string of the molecule is CCCN1C(=O)c2oc3ccc(C)cc3c(=O)c2C12C(=O)N(Cc1ccccc1)c1ccccc12. The molecule has 6 rings (SSSR count). The molecule has 1 unspecified atom stereocenters. The minimum Gasteiger partial charge on any atom is -0.450 e. The summed E-state index contributed by atoms with van der Waals surface area (Å²) in [4.78, 5) is 45.5. The number of rotatable bonds is 4. The van der Waals surface area contributed by atoms with Crippen LogP contribution < -0.4 is 10.3 Å². The Morgan fingerprint density at radius 2 is 1.66 bits per heavy atom. The summed E-state index contributed by atoms with van der Waals surface area (Å²) < 4.78 is 6.07. The number of para-hydroxylation sites is 1. The second-order valence-corrected chi connectivity index (χ2v) is 9.20. The number of fused-ring (bicyclic) bond motifs is 5. The molecule has 0 aliphatic carbocycles. The molecule has 3 aromatic carbocycles. The van der Waals surface area contributed by atoms with E-state index in [1.165, 1.54) is 0 Å². The molecule has 6 heteroatoms. The number of benzene rings is 3. The highest BCUT2D eigenvalue weighted by atomic mass is 16.3. The van der Waals surface area contributed by atoms with Crippen molar-refractivity contribution >= 4 is 28.5 Å². The van der Waals surface area contributed by atoms with Crippen molar-refractivity contribution in [3.05, 3.63) is 111 Å². The molecule has 0 fully saturated rings. The van der Waals surface area contributed by atoms with Crippen molar-refractivity contribution in [3.63, 3.8) is 0 Å². The van der Waals surface area contributed by atoms with Gasteiger partial charge in [-0.25, -0.2) is 0 Å². The summed E-state index contributed by atoms with van der Waals surface area (Å²) in [6.07, 6.45) is 0.627. The molecule has 2 amide bonds. The van der Waals surface area contributed by atoms with Gasteiger partial charge in [0.1, 0.15) is 5.58 Å². The zero-order valence-electron chi connectivity index (χ0n) is 19.6. The van der Waals surface area contributed by atoms with Gasteiger partial charge in [-0.05, 0) is 37.1 Å². The third-order valence-corrected chi connectivity index (χ3v) is 7.02. The Morgan fingerprint density at radius 3 is 2.43 bits per heavy atom. The summed E-state index contributed by atoms with van der Waals surface area (Å²) in [7, 11) is 0. The van der Waals surface area contributed by atoms with Crippen LogP contribution >= 0.6 is 0 Å². The minimum atomic E-state index is -1.55. The fourth-order valence-electron chi connectivity index (χ4n) is 5.55. The first-order valence-corrected chi connectivity index (χ1v) is 11.8. The second kappa shape index (κ2) is 7.67. The molecule has 0 radical (unpaired) electrons. The van der Waals surface area contributed by atoms with Crippen molar-refractivity contribution in [1.29, 1.82) is 0 Å². The van der Waals surface area contributed by atoms with Crippen LogP contribution in [0, 0.1) is 6.92 Å². The van der Waals surface area contributed by atoms with E-state index < -0.39 is 11.4 Å². The number of nitrogens with zero attached hydrogens (tertiary/aromatic N) is 2. The lowest BCUT2D eigenvalue weighted by Crippen LogP contribution is -2.53. The summed E-state index contributed by atoms with van der Waals surface area (Å²) in [5, 5.41) is 0.376. The standard InChI is InChI=1S/C29H24N2O4/c1-3-15-31-27(33)26-24(25(32)20-16-18(2)13-14-23(20)35-26)29(31)21-11-7-8-12-22(21)30(28(29)34)17-19-9-5-4-6-10-19/h4-14,16H,3,15,17H2,1-2H3. The van der Waals surface area contributed by atoms with Crippen LogP contribution in [0.5, 0.6) is 0 Å². The van der Waals surface area contributed by atoms with E-state index in [0.717, 1.165) is 11.1 Å². The zero-order valence-corrected chi connectivity index (χ0v) is 19.6. The fraction of sp³-hybridized carbons (Fsp3) is 0.207. The molecule has 3 heterocycles. The van der Waals surface area contributed by atoms with Crippen LogP contribution in [0.25, 0.3) is 11.0 Å². The molecule has 1 spiro atoms. The normalized spacial score (nSPS) is 18.6. The monoisotopic (exact) mass is 464 g/mol. The van der Waals surface area contributed by atoms with Crippen molar-refractivity contribution in [2.24, 2.45) is 0 Å². The summed E-state index contributed by atoms with van der Waals surface area (Å²) in [6, 6.07) is 22.5. The van der Waals surface area contributed by atoms with Crippen LogP contribution in [-0.4, -0.2) is 23.3 Å². The number of carbonyl (C=O) groups is 2. The molecule has 0 bridgehead atoms. The first-order chi connectivity index (χ1) is 17.0. The Labute approximate surface area is 202 Å². The lowest BCUT2D eigenvalue weighted by molar-refractivity contribution is -0.126. The summed E-state index contributed by atoms with van der Waals surface area (Å²) >= 11 is 0. The van der Waals surface area contributed by atoms with Crippen molar-refractivity contribution in [3.8, 4) is 0 Å². The highest BCUT2D eigenvalue weighted by Gasteiger charge is 2.64. The first kappa shape index (κ1) is 21.4. The molecule has 1 atom stereocenters. The van der Waals surface area contributed by atoms with E-state index in [-0.39, 0.29) is 22.7 Å². The fourth-order valence-corrected chi connectivity index (χ4v) is 5.55. The van der Waals surface area contributed by atoms with Gasteiger partial charge < -0.3 is 14.2 Å². The van der Waals surface area contributed by atoms with Crippen molar-refractivity contribution in [2.45, 2.75) is 32.4 Å². The van der Waals surface area contributed by atoms with Gasteiger partial charge in [0.25, 0.3) is 11.8 Å². The van der Waals surface area contributed by atoms with Gasteiger partial charge in [0, 0.05) is 12.1 Å². The van der Waals surface area contributed by atoms with Crippen LogP contribution in [0.1, 0.15) is 46.2 Å². The van der Waals surface area contributed by atoms with Gasteiger partial charge in [-0.2, -0.15) is 0 Å². The molecule has 1 aromatic heterocycles. The number of carbonyl (C=O) groups excluding carboxylic acids is 2. The maximum atomic E-state index is 14.5. The summed E-state index contributed by atoms with van der Waals surface area (Å²) in [5.41, 5.74) is 1.79. The molecular formula is C29H24N2O4. The smallest absolute Gasteiger partial charge is 0.291 e. The number of amides is 2. The van der Waals surface area contributed by atoms with Gasteiger partial charge >= 0.3 is 0 Å². The maximum Gasteiger partial charge on any atom is 0.291 e. The van der Waals surface area contributed by atoms with Crippen LogP contribution in [0.15, 0.2) is 82.0 Å². The van der Waals surface area contributed by atoms with Gasteiger partial charge in [-0.15, -0.1) is 0 Å². The molecule has 174 valence electrons. The van der Waals surface area contributed by atoms with E-state index in [0.29, 0.717) is 41.7 Å². The quantitative estimate of drug-likeness (QED) is 0.437. The number of anilines is 1. The number of hydrogen-bond acceptors (Lipinski definition) is 4. The van der Waals surface area contributed by atoms with Gasteiger partial charge in [0.05, 0.1) is 23.2 Å². The lowest BCUT2D eigenvalue weighted by atomic mass is 9.84. The highest BCUT2D eigenvalue weighted by Crippen LogP contribution is 2.52. The lowest BCUT2D eigenvalue weighted by Gasteiger charge is -2.34. The molecular weight excluding hydrogens is 440 g/mol. The van der Waals surface area contributed by atoms with E-state index >= 15 is 0 Å². The molecule has 6 nitrogen and oxygen atoms in total. The summed E-state index contributed by atoms with van der Waals surface area (Å²) in [6.45, 7) is 4.50. The Kier molecular flexibility index (Phi) is 4.68.